The first kappa shape index (κ1) is 20.9. The third kappa shape index (κ3) is 5.40. The van der Waals surface area contributed by atoms with Gasteiger partial charge in [-0.15, -0.1) is 0 Å². The smallest absolute Gasteiger partial charge is 0.229 e. The summed E-state index contributed by atoms with van der Waals surface area (Å²) in [7, 11) is 0. The molecule has 1 saturated heterocycles. The molecule has 29 heavy (non-hydrogen) atoms. The molecule has 162 valence electrons. The zero-order valence-corrected chi connectivity index (χ0v) is 18.1. The first-order valence-corrected chi connectivity index (χ1v) is 12.5. The number of amides is 1. The lowest BCUT2D eigenvalue weighted by atomic mass is 9.91. The van der Waals surface area contributed by atoms with Gasteiger partial charge in [0.25, 0.3) is 0 Å². The Balaban J connectivity index is 1.42. The van der Waals surface area contributed by atoms with Crippen LogP contribution in [0.1, 0.15) is 133 Å². The zero-order chi connectivity index (χ0) is 19.9. The lowest BCUT2D eigenvalue weighted by Gasteiger charge is -2.27. The summed E-state index contributed by atoms with van der Waals surface area (Å²) in [6.07, 6.45) is 20.6. The van der Waals surface area contributed by atoms with Gasteiger partial charge in [0.1, 0.15) is 0 Å². The number of likely N-dealkylation sites (tertiary alicyclic amines) is 1. The Morgan fingerprint density at radius 2 is 1.34 bits per heavy atom. The maximum atomic E-state index is 13.4. The van der Waals surface area contributed by atoms with Crippen molar-refractivity contribution in [1.29, 1.82) is 0 Å². The molecule has 5 nitrogen and oxygen atoms in total. The molecule has 0 bridgehead atoms. The van der Waals surface area contributed by atoms with Crippen LogP contribution in [0.15, 0.2) is 4.52 Å². The van der Waals surface area contributed by atoms with Gasteiger partial charge < -0.3 is 9.42 Å². The van der Waals surface area contributed by atoms with Crippen LogP contribution in [0, 0.1) is 5.92 Å². The first-order valence-electron chi connectivity index (χ1n) is 12.5. The van der Waals surface area contributed by atoms with E-state index in [9.17, 15) is 4.79 Å². The molecular weight excluding hydrogens is 362 g/mol. The number of aromatic nitrogens is 2. The highest BCUT2D eigenvalue weighted by Crippen LogP contribution is 2.36. The number of hydrogen-bond donors (Lipinski definition) is 0. The molecule has 0 spiro atoms. The second-order valence-electron chi connectivity index (χ2n) is 9.62. The van der Waals surface area contributed by atoms with Crippen LogP contribution in [-0.2, 0) is 4.79 Å². The predicted octanol–water partition coefficient (Wildman–Crippen LogP) is 6.31. The highest BCUT2D eigenvalue weighted by Gasteiger charge is 2.36. The SMILES string of the molecule is O=C(C1CCCCCCCC1)N1CCC[C@H]1c1noc(C2CCCCCCC2)n1. The average Bonchev–Trinajstić information content (AvgIpc) is 3.38. The molecule has 1 aromatic rings. The number of carbonyl (C=O) groups is 1. The van der Waals surface area contributed by atoms with Crippen molar-refractivity contribution < 1.29 is 9.32 Å². The maximum Gasteiger partial charge on any atom is 0.229 e. The van der Waals surface area contributed by atoms with Gasteiger partial charge in [-0.25, -0.2) is 0 Å². The molecule has 2 saturated carbocycles. The van der Waals surface area contributed by atoms with Crippen LogP contribution in [0.3, 0.4) is 0 Å². The largest absolute Gasteiger partial charge is 0.339 e. The normalized spacial score (nSPS) is 26.3. The molecule has 0 unspecified atom stereocenters. The number of nitrogens with zero attached hydrogens (tertiary/aromatic N) is 3. The van der Waals surface area contributed by atoms with Gasteiger partial charge in [0, 0.05) is 18.4 Å². The lowest BCUT2D eigenvalue weighted by molar-refractivity contribution is -0.137. The van der Waals surface area contributed by atoms with Crippen LogP contribution < -0.4 is 0 Å². The minimum atomic E-state index is 0.0289. The fourth-order valence-electron chi connectivity index (χ4n) is 5.66. The van der Waals surface area contributed by atoms with Crippen molar-refractivity contribution in [3.63, 3.8) is 0 Å². The molecule has 3 fully saturated rings. The van der Waals surface area contributed by atoms with Crippen molar-refractivity contribution in [2.45, 2.75) is 121 Å². The van der Waals surface area contributed by atoms with Gasteiger partial charge in [-0.2, -0.15) is 4.98 Å². The van der Waals surface area contributed by atoms with Crippen LogP contribution in [-0.4, -0.2) is 27.5 Å². The summed E-state index contributed by atoms with van der Waals surface area (Å²) in [5, 5.41) is 4.37. The topological polar surface area (TPSA) is 59.2 Å². The fourth-order valence-corrected chi connectivity index (χ4v) is 5.66. The highest BCUT2D eigenvalue weighted by molar-refractivity contribution is 5.79. The number of carbonyl (C=O) groups excluding carboxylic acids is 1. The van der Waals surface area contributed by atoms with Crippen molar-refractivity contribution in [2.24, 2.45) is 5.92 Å². The van der Waals surface area contributed by atoms with Crippen molar-refractivity contribution in [1.82, 2.24) is 15.0 Å². The van der Waals surface area contributed by atoms with Crippen LogP contribution in [0.4, 0.5) is 0 Å². The van der Waals surface area contributed by atoms with Gasteiger partial charge in [0.05, 0.1) is 6.04 Å². The Morgan fingerprint density at radius 3 is 2.00 bits per heavy atom. The molecule has 1 amide bonds. The molecule has 3 aliphatic rings. The van der Waals surface area contributed by atoms with Gasteiger partial charge in [-0.05, 0) is 38.5 Å². The Labute approximate surface area is 176 Å². The molecule has 1 aliphatic heterocycles. The van der Waals surface area contributed by atoms with Gasteiger partial charge >= 0.3 is 0 Å². The quantitative estimate of drug-likeness (QED) is 0.595. The van der Waals surface area contributed by atoms with Crippen molar-refractivity contribution in [3.8, 4) is 0 Å². The van der Waals surface area contributed by atoms with Crippen molar-refractivity contribution >= 4 is 5.91 Å². The Kier molecular flexibility index (Phi) is 7.61. The van der Waals surface area contributed by atoms with E-state index in [-0.39, 0.29) is 12.0 Å². The molecule has 0 radical (unpaired) electrons. The van der Waals surface area contributed by atoms with E-state index in [0.29, 0.717) is 11.8 Å². The van der Waals surface area contributed by atoms with E-state index in [1.807, 2.05) is 0 Å². The fraction of sp³-hybridized carbons (Fsp3) is 0.875. The van der Waals surface area contributed by atoms with E-state index < -0.39 is 0 Å². The van der Waals surface area contributed by atoms with Gasteiger partial charge in [-0.1, -0.05) is 75.8 Å². The van der Waals surface area contributed by atoms with E-state index in [1.165, 1.54) is 70.6 Å². The molecule has 5 heteroatoms. The van der Waals surface area contributed by atoms with E-state index in [0.717, 1.165) is 56.8 Å². The van der Waals surface area contributed by atoms with Gasteiger partial charge in [0.15, 0.2) is 5.82 Å². The van der Waals surface area contributed by atoms with E-state index in [4.69, 9.17) is 9.51 Å². The van der Waals surface area contributed by atoms with E-state index in [2.05, 4.69) is 10.1 Å². The Morgan fingerprint density at radius 1 is 0.759 bits per heavy atom. The number of hydrogen-bond acceptors (Lipinski definition) is 4. The summed E-state index contributed by atoms with van der Waals surface area (Å²) in [5.41, 5.74) is 0. The van der Waals surface area contributed by atoms with Crippen LogP contribution >= 0.6 is 0 Å². The van der Waals surface area contributed by atoms with E-state index >= 15 is 0 Å². The van der Waals surface area contributed by atoms with Gasteiger partial charge in [-0.3, -0.25) is 4.79 Å². The monoisotopic (exact) mass is 401 g/mol. The molecule has 0 N–H and O–H groups in total. The summed E-state index contributed by atoms with van der Waals surface area (Å²) in [5.74, 6) is 2.55. The highest BCUT2D eigenvalue weighted by atomic mass is 16.5. The summed E-state index contributed by atoms with van der Waals surface area (Å²) < 4.78 is 5.74. The van der Waals surface area contributed by atoms with Gasteiger partial charge in [0.2, 0.25) is 11.8 Å². The second kappa shape index (κ2) is 10.6. The summed E-state index contributed by atoms with van der Waals surface area (Å²) in [4.78, 5) is 20.3. The van der Waals surface area contributed by atoms with Crippen LogP contribution in [0.5, 0.6) is 0 Å². The summed E-state index contributed by atoms with van der Waals surface area (Å²) >= 11 is 0. The predicted molar refractivity (Wildman–Crippen MR) is 113 cm³/mol. The average molecular weight is 402 g/mol. The van der Waals surface area contributed by atoms with Crippen LogP contribution in [0.25, 0.3) is 0 Å². The zero-order valence-electron chi connectivity index (χ0n) is 18.1. The molecule has 2 heterocycles. The number of rotatable bonds is 3. The van der Waals surface area contributed by atoms with Crippen molar-refractivity contribution in [3.05, 3.63) is 11.7 Å². The first-order chi connectivity index (χ1) is 14.3. The third-order valence-electron chi connectivity index (χ3n) is 7.45. The summed E-state index contributed by atoms with van der Waals surface area (Å²) in [6.45, 7) is 0.854. The molecule has 1 atom stereocenters. The van der Waals surface area contributed by atoms with E-state index in [1.54, 1.807) is 0 Å². The summed E-state index contributed by atoms with van der Waals surface area (Å²) in [6, 6.07) is 0.0289. The molecule has 0 aromatic carbocycles. The minimum absolute atomic E-state index is 0.0289. The maximum absolute atomic E-state index is 13.4. The molecule has 1 aromatic heterocycles. The molecule has 2 aliphatic carbocycles. The minimum Gasteiger partial charge on any atom is -0.339 e. The van der Waals surface area contributed by atoms with Crippen LogP contribution in [0.2, 0.25) is 0 Å². The second-order valence-corrected chi connectivity index (χ2v) is 9.62. The molecular formula is C24H39N3O2. The lowest BCUT2D eigenvalue weighted by Crippen LogP contribution is -2.36. The standard InChI is InChI=1S/C24H39N3O2/c28-24(20-15-10-4-1-2-5-11-16-20)27-18-12-17-21(27)22-25-23(29-26-22)19-13-8-6-3-7-9-14-19/h19-21H,1-18H2/t21-/m0/s1. The molecule has 4 rings (SSSR count). The van der Waals surface area contributed by atoms with Crippen molar-refractivity contribution in [2.75, 3.05) is 6.54 Å². The Bertz CT molecular complexity index is 626. The Hall–Kier alpha value is -1.39. The third-order valence-corrected chi connectivity index (χ3v) is 7.45.